The van der Waals surface area contributed by atoms with Crippen molar-refractivity contribution in [3.8, 4) is 0 Å². The smallest absolute Gasteiger partial charge is 0.253 e. The van der Waals surface area contributed by atoms with Gasteiger partial charge in [0.15, 0.2) is 0 Å². The van der Waals surface area contributed by atoms with Gasteiger partial charge in [0.25, 0.3) is 5.91 Å². The summed E-state index contributed by atoms with van der Waals surface area (Å²) in [6.45, 7) is 2.10. The molecular formula is C23H19ClFN3O2S. The Balaban J connectivity index is 1.62. The number of thioether (sulfide) groups is 1. The van der Waals surface area contributed by atoms with Crippen LogP contribution in [0.15, 0.2) is 65.8 Å². The fourth-order valence-corrected chi connectivity index (χ4v) is 4.48. The number of carbonyl (C=O) groups is 2. The average Bonchev–Trinajstić information content (AvgIpc) is 2.77. The number of rotatable bonds is 5. The summed E-state index contributed by atoms with van der Waals surface area (Å²) < 4.78 is 14.4. The molecule has 2 amide bonds. The number of hydrogen-bond acceptors (Lipinski definition) is 4. The highest BCUT2D eigenvalue weighted by Gasteiger charge is 2.33. The van der Waals surface area contributed by atoms with Crippen LogP contribution >= 0.6 is 23.4 Å². The molecule has 1 aliphatic rings. The second-order valence-corrected chi connectivity index (χ2v) is 8.84. The zero-order valence-corrected chi connectivity index (χ0v) is 18.2. The van der Waals surface area contributed by atoms with Gasteiger partial charge in [0.1, 0.15) is 10.8 Å². The van der Waals surface area contributed by atoms with E-state index in [9.17, 15) is 14.0 Å². The molecule has 0 spiro atoms. The second kappa shape index (κ2) is 9.08. The quantitative estimate of drug-likeness (QED) is 0.598. The summed E-state index contributed by atoms with van der Waals surface area (Å²) in [5, 5.41) is 3.32. The summed E-state index contributed by atoms with van der Waals surface area (Å²) in [6, 6.07) is 15.6. The van der Waals surface area contributed by atoms with Gasteiger partial charge in [-0.1, -0.05) is 59.8 Å². The third-order valence-corrected chi connectivity index (χ3v) is 6.41. The molecule has 4 rings (SSSR count). The number of nitrogens with zero attached hydrogens (tertiary/aromatic N) is 2. The van der Waals surface area contributed by atoms with Gasteiger partial charge in [0, 0.05) is 23.3 Å². The van der Waals surface area contributed by atoms with E-state index < -0.39 is 5.82 Å². The van der Waals surface area contributed by atoms with Gasteiger partial charge < -0.3 is 10.2 Å². The van der Waals surface area contributed by atoms with Gasteiger partial charge in [0.05, 0.1) is 23.0 Å². The summed E-state index contributed by atoms with van der Waals surface area (Å²) in [6.07, 6.45) is 1.49. The Hall–Kier alpha value is -2.90. The highest BCUT2D eigenvalue weighted by Crippen LogP contribution is 2.39. The molecule has 1 atom stereocenters. The zero-order valence-electron chi connectivity index (χ0n) is 16.6. The molecule has 0 saturated carbocycles. The second-order valence-electron chi connectivity index (χ2n) is 7.10. The van der Waals surface area contributed by atoms with E-state index in [1.54, 1.807) is 19.1 Å². The molecule has 0 fully saturated rings. The van der Waals surface area contributed by atoms with Gasteiger partial charge in [-0.3, -0.25) is 9.59 Å². The lowest BCUT2D eigenvalue weighted by atomic mass is 10.1. The molecule has 2 aromatic carbocycles. The van der Waals surface area contributed by atoms with Crippen LogP contribution < -0.4 is 10.2 Å². The fraction of sp³-hybridized carbons (Fsp3) is 0.174. The predicted octanol–water partition coefficient (Wildman–Crippen LogP) is 4.83. The van der Waals surface area contributed by atoms with Gasteiger partial charge in [-0.05, 0) is 30.7 Å². The lowest BCUT2D eigenvalue weighted by Crippen LogP contribution is -2.40. The van der Waals surface area contributed by atoms with Crippen LogP contribution in [0.25, 0.3) is 0 Å². The van der Waals surface area contributed by atoms with Gasteiger partial charge in [0.2, 0.25) is 5.91 Å². The molecule has 158 valence electrons. The van der Waals surface area contributed by atoms with Gasteiger partial charge in [-0.15, -0.1) is 0 Å². The lowest BCUT2D eigenvalue weighted by molar-refractivity contribution is -0.118. The van der Waals surface area contributed by atoms with Crippen LogP contribution in [0, 0.1) is 5.82 Å². The van der Waals surface area contributed by atoms with Crippen molar-refractivity contribution in [2.75, 3.05) is 4.90 Å². The number of anilines is 1. The first-order chi connectivity index (χ1) is 14.9. The summed E-state index contributed by atoms with van der Waals surface area (Å²) >= 11 is 7.49. The number of amides is 2. The van der Waals surface area contributed by atoms with Gasteiger partial charge in [-0.25, -0.2) is 9.37 Å². The Morgan fingerprint density at radius 1 is 1.23 bits per heavy atom. The third-order valence-electron chi connectivity index (χ3n) is 4.96. The largest absolute Gasteiger partial charge is 0.348 e. The first kappa shape index (κ1) is 21.3. The van der Waals surface area contributed by atoms with Crippen molar-refractivity contribution >= 4 is 40.9 Å². The number of hydrogen-bond donors (Lipinski definition) is 1. The number of halogens is 2. The Kier molecular flexibility index (Phi) is 6.25. The van der Waals surface area contributed by atoms with Crippen LogP contribution in [-0.4, -0.2) is 22.0 Å². The molecule has 3 aromatic rings. The Morgan fingerprint density at radius 2 is 2.00 bits per heavy atom. The average molecular weight is 456 g/mol. The van der Waals surface area contributed by atoms with Crippen molar-refractivity contribution < 1.29 is 14.0 Å². The fourth-order valence-electron chi connectivity index (χ4n) is 3.29. The first-order valence-corrected chi connectivity index (χ1v) is 10.9. The molecule has 0 saturated heterocycles. The van der Waals surface area contributed by atoms with Gasteiger partial charge in [-0.2, -0.15) is 0 Å². The van der Waals surface area contributed by atoms with E-state index in [0.29, 0.717) is 22.8 Å². The summed E-state index contributed by atoms with van der Waals surface area (Å²) in [5.41, 5.74) is 1.99. The van der Waals surface area contributed by atoms with E-state index in [2.05, 4.69) is 10.3 Å². The maximum absolute atomic E-state index is 14.4. The molecule has 1 aliphatic heterocycles. The molecule has 1 aromatic heterocycles. The minimum Gasteiger partial charge on any atom is -0.348 e. The Labute approximate surface area is 188 Å². The lowest BCUT2D eigenvalue weighted by Gasteiger charge is -2.32. The van der Waals surface area contributed by atoms with Crippen LogP contribution in [0.2, 0.25) is 5.02 Å². The number of nitrogens with one attached hydrogen (secondary N) is 1. The van der Waals surface area contributed by atoms with Crippen molar-refractivity contribution in [2.24, 2.45) is 0 Å². The molecule has 31 heavy (non-hydrogen) atoms. The number of benzene rings is 2. The third kappa shape index (κ3) is 4.57. The zero-order chi connectivity index (χ0) is 22.0. The van der Waals surface area contributed by atoms with E-state index in [1.807, 2.05) is 30.3 Å². The molecule has 2 heterocycles. The molecule has 0 aliphatic carbocycles. The van der Waals surface area contributed by atoms with Gasteiger partial charge >= 0.3 is 0 Å². The van der Waals surface area contributed by atoms with Crippen LogP contribution in [-0.2, 0) is 17.9 Å². The number of fused-ring (bicyclic) bond motifs is 1. The molecule has 0 radical (unpaired) electrons. The minimum atomic E-state index is -0.488. The number of carbonyl (C=O) groups excluding carboxylic acids is 2. The van der Waals surface area contributed by atoms with Crippen molar-refractivity contribution in [3.05, 3.63) is 88.3 Å². The summed E-state index contributed by atoms with van der Waals surface area (Å²) in [4.78, 5) is 31.4. The molecule has 1 unspecified atom stereocenters. The Morgan fingerprint density at radius 3 is 2.74 bits per heavy atom. The summed E-state index contributed by atoms with van der Waals surface area (Å²) in [7, 11) is 0. The first-order valence-electron chi connectivity index (χ1n) is 9.67. The Bertz CT molecular complexity index is 1120. The molecule has 0 bridgehead atoms. The van der Waals surface area contributed by atoms with Crippen molar-refractivity contribution in [2.45, 2.75) is 30.3 Å². The van der Waals surface area contributed by atoms with E-state index in [4.69, 9.17) is 11.6 Å². The van der Waals surface area contributed by atoms with Crippen LogP contribution in [0.1, 0.15) is 28.4 Å². The monoisotopic (exact) mass is 455 g/mol. The van der Waals surface area contributed by atoms with Crippen molar-refractivity contribution in [3.63, 3.8) is 0 Å². The molecule has 5 nitrogen and oxygen atoms in total. The van der Waals surface area contributed by atoms with Crippen LogP contribution in [0.3, 0.4) is 0 Å². The number of aromatic nitrogens is 1. The van der Waals surface area contributed by atoms with Crippen molar-refractivity contribution in [1.82, 2.24) is 10.3 Å². The van der Waals surface area contributed by atoms with E-state index in [-0.39, 0.29) is 34.2 Å². The maximum Gasteiger partial charge on any atom is 0.253 e. The van der Waals surface area contributed by atoms with E-state index >= 15 is 0 Å². The predicted molar refractivity (Wildman–Crippen MR) is 120 cm³/mol. The van der Waals surface area contributed by atoms with Crippen molar-refractivity contribution in [1.29, 1.82) is 0 Å². The highest BCUT2D eigenvalue weighted by atomic mass is 35.5. The van der Waals surface area contributed by atoms with E-state index in [0.717, 1.165) is 5.56 Å². The summed E-state index contributed by atoms with van der Waals surface area (Å²) in [5.74, 6) is -0.989. The minimum absolute atomic E-state index is 0.0427. The number of pyridine rings is 1. The van der Waals surface area contributed by atoms with Crippen LogP contribution in [0.4, 0.5) is 10.1 Å². The maximum atomic E-state index is 14.4. The molecule has 1 N–H and O–H groups in total. The molecular weight excluding hydrogens is 437 g/mol. The van der Waals surface area contributed by atoms with E-state index in [1.165, 1.54) is 35.0 Å². The topological polar surface area (TPSA) is 62.3 Å². The standard InChI is InChI=1S/C23H19ClFN3O2S/c1-14-23(30)28(13-17-18(24)8-5-9-19(17)25)20-10-16(12-27-22(20)31-14)21(29)26-11-15-6-3-2-4-7-15/h2-10,12,14H,11,13H2,1H3,(H,26,29). The normalized spacial score (nSPS) is 15.5. The highest BCUT2D eigenvalue weighted by molar-refractivity contribution is 8.00. The SMILES string of the molecule is CC1Sc2ncc(C(=O)NCc3ccccc3)cc2N(Cc2c(F)cccc2Cl)C1=O. The molecule has 8 heteroatoms. The van der Waals surface area contributed by atoms with Crippen LogP contribution in [0.5, 0.6) is 0 Å².